The molecule has 0 radical (unpaired) electrons. The lowest BCUT2D eigenvalue weighted by atomic mass is 10.1. The summed E-state index contributed by atoms with van der Waals surface area (Å²) in [5.41, 5.74) is 0.716. The molecule has 26 heavy (non-hydrogen) atoms. The number of carbonyl (C=O) groups excluding carboxylic acids is 1. The molecule has 3 heterocycles. The molecule has 2 fully saturated rings. The minimum atomic E-state index is -0.452. The van der Waals surface area contributed by atoms with Crippen molar-refractivity contribution < 1.29 is 18.7 Å². The number of benzene rings is 1. The van der Waals surface area contributed by atoms with Gasteiger partial charge >= 0.3 is 0 Å². The lowest BCUT2D eigenvalue weighted by molar-refractivity contribution is 0.0700. The summed E-state index contributed by atoms with van der Waals surface area (Å²) in [6, 6.07) is 3.23. The number of ether oxygens (including phenoxy) is 2. The van der Waals surface area contributed by atoms with Crippen molar-refractivity contribution in [2.45, 2.75) is 32.2 Å². The van der Waals surface area contributed by atoms with Gasteiger partial charge in [0.15, 0.2) is 22.4 Å². The Morgan fingerprint density at radius 3 is 3.04 bits per heavy atom. The summed E-state index contributed by atoms with van der Waals surface area (Å²) < 4.78 is 24.7. The van der Waals surface area contributed by atoms with Crippen LogP contribution in [0.4, 0.5) is 15.2 Å². The maximum absolute atomic E-state index is 14.2. The van der Waals surface area contributed by atoms with Crippen LogP contribution in [0.2, 0.25) is 0 Å². The average Bonchev–Trinajstić information content (AvgIpc) is 3.15. The Bertz CT molecular complexity index is 900. The summed E-state index contributed by atoms with van der Waals surface area (Å²) in [6.07, 6.45) is 3.40. The number of halogens is 1. The fourth-order valence-electron chi connectivity index (χ4n) is 3.78. The van der Waals surface area contributed by atoms with Crippen molar-refractivity contribution in [1.82, 2.24) is 9.88 Å². The van der Waals surface area contributed by atoms with E-state index in [4.69, 9.17) is 9.47 Å². The Morgan fingerprint density at radius 1 is 1.38 bits per heavy atom. The van der Waals surface area contributed by atoms with E-state index in [-0.39, 0.29) is 18.4 Å². The zero-order chi connectivity index (χ0) is 17.8. The molecule has 1 aromatic heterocycles. The molecule has 136 valence electrons. The van der Waals surface area contributed by atoms with Crippen molar-refractivity contribution in [3.8, 4) is 11.5 Å². The van der Waals surface area contributed by atoms with Crippen LogP contribution in [0.15, 0.2) is 12.1 Å². The summed E-state index contributed by atoms with van der Waals surface area (Å²) in [5, 5.41) is 3.46. The van der Waals surface area contributed by atoms with Crippen LogP contribution in [0, 0.1) is 18.7 Å². The predicted octanol–water partition coefficient (Wildman–Crippen LogP) is 3.69. The SMILES string of the molecule is Cc1sc(Nc2cc3c(cc2F)OCO3)nc1C(=O)N1CCCC2CC21. The molecule has 6 nitrogen and oxygen atoms in total. The van der Waals surface area contributed by atoms with Gasteiger partial charge in [-0.05, 0) is 32.1 Å². The van der Waals surface area contributed by atoms with E-state index in [0.29, 0.717) is 34.3 Å². The summed E-state index contributed by atoms with van der Waals surface area (Å²) in [6.45, 7) is 2.77. The van der Waals surface area contributed by atoms with Gasteiger partial charge in [-0.2, -0.15) is 0 Å². The molecule has 8 heteroatoms. The van der Waals surface area contributed by atoms with Crippen LogP contribution in [0.1, 0.15) is 34.6 Å². The molecule has 5 rings (SSSR count). The first kappa shape index (κ1) is 15.9. The fourth-order valence-corrected chi connectivity index (χ4v) is 4.60. The van der Waals surface area contributed by atoms with Gasteiger partial charge in [0.1, 0.15) is 5.69 Å². The van der Waals surface area contributed by atoms with Crippen molar-refractivity contribution >= 4 is 28.1 Å². The van der Waals surface area contributed by atoms with Gasteiger partial charge in [-0.25, -0.2) is 9.37 Å². The van der Waals surface area contributed by atoms with Gasteiger partial charge in [0, 0.05) is 29.6 Å². The summed E-state index contributed by atoms with van der Waals surface area (Å²) >= 11 is 1.35. The highest BCUT2D eigenvalue weighted by molar-refractivity contribution is 7.15. The van der Waals surface area contributed by atoms with Crippen LogP contribution in [0.5, 0.6) is 11.5 Å². The van der Waals surface area contributed by atoms with Gasteiger partial charge in [-0.15, -0.1) is 11.3 Å². The van der Waals surface area contributed by atoms with Crippen LogP contribution in [0.3, 0.4) is 0 Å². The number of aromatic nitrogens is 1. The van der Waals surface area contributed by atoms with E-state index in [0.717, 1.165) is 24.3 Å². The Morgan fingerprint density at radius 2 is 2.19 bits per heavy atom. The number of anilines is 2. The highest BCUT2D eigenvalue weighted by Gasteiger charge is 2.46. The summed E-state index contributed by atoms with van der Waals surface area (Å²) in [7, 11) is 0. The van der Waals surface area contributed by atoms with E-state index in [1.54, 1.807) is 6.07 Å². The third-order valence-corrected chi connectivity index (χ3v) is 6.11. The third-order valence-electron chi connectivity index (χ3n) is 5.22. The van der Waals surface area contributed by atoms with E-state index < -0.39 is 5.82 Å². The number of thiazole rings is 1. The first-order valence-corrected chi connectivity index (χ1v) is 9.56. The van der Waals surface area contributed by atoms with Crippen LogP contribution in [0.25, 0.3) is 0 Å². The van der Waals surface area contributed by atoms with Crippen LogP contribution >= 0.6 is 11.3 Å². The molecule has 0 bridgehead atoms. The summed E-state index contributed by atoms with van der Waals surface area (Å²) in [5.74, 6) is 1.10. The second-order valence-corrected chi connectivity index (χ2v) is 8.14. The van der Waals surface area contributed by atoms with Crippen molar-refractivity contribution in [3.05, 3.63) is 28.5 Å². The largest absolute Gasteiger partial charge is 0.454 e. The van der Waals surface area contributed by atoms with Crippen molar-refractivity contribution in [3.63, 3.8) is 0 Å². The lowest BCUT2D eigenvalue weighted by Gasteiger charge is -2.26. The number of piperidine rings is 1. The van der Waals surface area contributed by atoms with Crippen LogP contribution < -0.4 is 14.8 Å². The smallest absolute Gasteiger partial charge is 0.273 e. The monoisotopic (exact) mass is 375 g/mol. The molecule has 1 N–H and O–H groups in total. The Labute approximate surface area is 153 Å². The maximum atomic E-state index is 14.2. The molecule has 2 aliphatic heterocycles. The van der Waals surface area contributed by atoms with Gasteiger partial charge in [0.2, 0.25) is 6.79 Å². The van der Waals surface area contributed by atoms with Gasteiger partial charge < -0.3 is 19.7 Å². The average molecular weight is 375 g/mol. The van der Waals surface area contributed by atoms with Gasteiger partial charge in [0.25, 0.3) is 5.91 Å². The zero-order valence-electron chi connectivity index (χ0n) is 14.3. The fraction of sp³-hybridized carbons (Fsp3) is 0.444. The number of carbonyl (C=O) groups is 1. The minimum absolute atomic E-state index is 0.00911. The van der Waals surface area contributed by atoms with E-state index in [1.807, 2.05) is 11.8 Å². The number of nitrogens with one attached hydrogen (secondary N) is 1. The van der Waals surface area contributed by atoms with E-state index in [9.17, 15) is 9.18 Å². The molecule has 2 unspecified atom stereocenters. The van der Waals surface area contributed by atoms with Crippen molar-refractivity contribution in [1.29, 1.82) is 0 Å². The molecule has 1 amide bonds. The number of nitrogens with zero attached hydrogens (tertiary/aromatic N) is 2. The number of rotatable bonds is 3. The van der Waals surface area contributed by atoms with Crippen molar-refractivity contribution in [2.24, 2.45) is 5.92 Å². The molecular formula is C18H18FN3O3S. The Balaban J connectivity index is 1.38. The number of hydrogen-bond acceptors (Lipinski definition) is 6. The molecule has 2 aromatic rings. The number of hydrogen-bond donors (Lipinski definition) is 1. The van der Waals surface area contributed by atoms with E-state index in [1.165, 1.54) is 23.8 Å². The number of fused-ring (bicyclic) bond motifs is 2. The lowest BCUT2D eigenvalue weighted by Crippen LogP contribution is -2.37. The number of likely N-dealkylation sites (tertiary alicyclic amines) is 1. The van der Waals surface area contributed by atoms with Gasteiger partial charge in [-0.1, -0.05) is 0 Å². The second-order valence-electron chi connectivity index (χ2n) is 6.94. The molecule has 1 saturated heterocycles. The minimum Gasteiger partial charge on any atom is -0.454 e. The normalized spacial score (nSPS) is 22.9. The maximum Gasteiger partial charge on any atom is 0.273 e. The number of amides is 1. The van der Waals surface area contributed by atoms with Crippen LogP contribution in [-0.2, 0) is 0 Å². The number of aryl methyl sites for hydroxylation is 1. The topological polar surface area (TPSA) is 63.7 Å². The van der Waals surface area contributed by atoms with Crippen molar-refractivity contribution in [2.75, 3.05) is 18.7 Å². The second kappa shape index (κ2) is 5.84. The predicted molar refractivity (Wildman–Crippen MR) is 94.8 cm³/mol. The summed E-state index contributed by atoms with van der Waals surface area (Å²) in [4.78, 5) is 20.1. The van der Waals surface area contributed by atoms with E-state index in [2.05, 4.69) is 10.3 Å². The molecule has 1 aliphatic carbocycles. The van der Waals surface area contributed by atoms with Crippen LogP contribution in [-0.4, -0.2) is 35.2 Å². The Kier molecular flexibility index (Phi) is 3.56. The zero-order valence-corrected chi connectivity index (χ0v) is 15.1. The Hall–Kier alpha value is -2.35. The third kappa shape index (κ3) is 2.59. The molecule has 3 aliphatic rings. The highest BCUT2D eigenvalue weighted by atomic mass is 32.1. The van der Waals surface area contributed by atoms with Gasteiger partial charge in [0.05, 0.1) is 5.69 Å². The quantitative estimate of drug-likeness (QED) is 0.887. The first-order valence-electron chi connectivity index (χ1n) is 8.74. The molecular weight excluding hydrogens is 357 g/mol. The highest BCUT2D eigenvalue weighted by Crippen LogP contribution is 2.44. The standard InChI is InChI=1S/C18H18FN3O3S/c1-9-16(17(23)22-4-2-3-10-5-13(10)22)21-18(26-9)20-12-7-15-14(6-11(12)19)24-8-25-15/h6-7,10,13H,2-5,8H2,1H3,(H,20,21). The molecule has 1 aromatic carbocycles. The van der Waals surface area contributed by atoms with Gasteiger partial charge in [-0.3, -0.25) is 4.79 Å². The molecule has 2 atom stereocenters. The molecule has 0 spiro atoms. The van der Waals surface area contributed by atoms with E-state index >= 15 is 0 Å². The molecule has 1 saturated carbocycles. The first-order chi connectivity index (χ1) is 12.6.